The van der Waals surface area contributed by atoms with Crippen molar-refractivity contribution in [3.8, 4) is 11.1 Å². The summed E-state index contributed by atoms with van der Waals surface area (Å²) in [6.07, 6.45) is -4.96. The van der Waals surface area contributed by atoms with E-state index in [0.29, 0.717) is 11.3 Å². The second-order valence-corrected chi connectivity index (χ2v) is 4.27. The Morgan fingerprint density at radius 1 is 1.05 bits per heavy atom. The Morgan fingerprint density at radius 3 is 2.24 bits per heavy atom. The summed E-state index contributed by atoms with van der Waals surface area (Å²) >= 11 is 0. The lowest BCUT2D eigenvalue weighted by atomic mass is 10.0. The van der Waals surface area contributed by atoms with E-state index in [0.717, 1.165) is 0 Å². The minimum atomic E-state index is -4.96. The van der Waals surface area contributed by atoms with Crippen LogP contribution >= 0.6 is 0 Å². The second kappa shape index (κ2) is 5.43. The van der Waals surface area contributed by atoms with Crippen molar-refractivity contribution in [1.82, 2.24) is 0 Å². The van der Waals surface area contributed by atoms with Crippen LogP contribution in [0.5, 0.6) is 0 Å². The summed E-state index contributed by atoms with van der Waals surface area (Å²) in [6, 6.07) is 9.30. The molecule has 0 fully saturated rings. The van der Waals surface area contributed by atoms with Crippen LogP contribution in [0.2, 0.25) is 0 Å². The molecule has 0 saturated carbocycles. The third-order valence-electron chi connectivity index (χ3n) is 2.70. The zero-order chi connectivity index (χ0) is 15.6. The SMILES string of the molecule is Nc1ccc(F)c(-c2ccc(NC(=O)C(F)(F)F)cc2)c1. The van der Waals surface area contributed by atoms with E-state index in [9.17, 15) is 22.4 Å². The number of rotatable bonds is 2. The summed E-state index contributed by atoms with van der Waals surface area (Å²) in [6.45, 7) is 0. The number of hydrogen-bond donors (Lipinski definition) is 2. The zero-order valence-electron chi connectivity index (χ0n) is 10.5. The van der Waals surface area contributed by atoms with Crippen molar-refractivity contribution in [3.63, 3.8) is 0 Å². The molecule has 7 heteroatoms. The molecule has 21 heavy (non-hydrogen) atoms. The van der Waals surface area contributed by atoms with Crippen molar-refractivity contribution in [2.75, 3.05) is 11.1 Å². The predicted octanol–water partition coefficient (Wildman–Crippen LogP) is 3.58. The number of nitrogen functional groups attached to an aromatic ring is 1. The van der Waals surface area contributed by atoms with Crippen molar-refractivity contribution in [1.29, 1.82) is 0 Å². The molecule has 0 heterocycles. The average molecular weight is 298 g/mol. The molecule has 2 aromatic carbocycles. The molecule has 0 saturated heterocycles. The van der Waals surface area contributed by atoms with Gasteiger partial charge in [0.25, 0.3) is 0 Å². The quantitative estimate of drug-likeness (QED) is 0.657. The third kappa shape index (κ3) is 3.50. The summed E-state index contributed by atoms with van der Waals surface area (Å²) < 4.78 is 50.0. The molecule has 0 atom stereocenters. The standard InChI is InChI=1S/C14H10F4N2O/c15-12-6-3-9(19)7-11(12)8-1-4-10(5-2-8)20-13(21)14(16,17)18/h1-7H,19H2,(H,20,21). The fourth-order valence-electron chi connectivity index (χ4n) is 1.70. The first-order valence-electron chi connectivity index (χ1n) is 5.81. The van der Waals surface area contributed by atoms with Gasteiger partial charge >= 0.3 is 12.1 Å². The van der Waals surface area contributed by atoms with Gasteiger partial charge in [-0.3, -0.25) is 4.79 Å². The van der Waals surface area contributed by atoms with Gasteiger partial charge < -0.3 is 11.1 Å². The Morgan fingerprint density at radius 2 is 1.67 bits per heavy atom. The molecule has 0 radical (unpaired) electrons. The highest BCUT2D eigenvalue weighted by molar-refractivity contribution is 5.95. The molecule has 1 amide bonds. The van der Waals surface area contributed by atoms with Crippen LogP contribution in [0.15, 0.2) is 42.5 Å². The zero-order valence-corrected chi connectivity index (χ0v) is 10.5. The van der Waals surface area contributed by atoms with Crippen molar-refractivity contribution in [3.05, 3.63) is 48.3 Å². The highest BCUT2D eigenvalue weighted by Gasteiger charge is 2.38. The Bertz CT molecular complexity index is 666. The van der Waals surface area contributed by atoms with Crippen LogP contribution < -0.4 is 11.1 Å². The molecule has 0 aliphatic heterocycles. The summed E-state index contributed by atoms with van der Waals surface area (Å²) in [5.41, 5.74) is 6.55. The molecule has 3 N–H and O–H groups in total. The number of anilines is 2. The van der Waals surface area contributed by atoms with E-state index in [1.807, 2.05) is 0 Å². The van der Waals surface area contributed by atoms with Crippen molar-refractivity contribution >= 4 is 17.3 Å². The normalized spacial score (nSPS) is 11.2. The molecule has 0 aliphatic carbocycles. The Hall–Kier alpha value is -2.57. The number of hydrogen-bond acceptors (Lipinski definition) is 2. The summed E-state index contributed by atoms with van der Waals surface area (Å²) in [4.78, 5) is 10.8. The maximum Gasteiger partial charge on any atom is 0.471 e. The van der Waals surface area contributed by atoms with Crippen LogP contribution in [0.3, 0.4) is 0 Å². The fraction of sp³-hybridized carbons (Fsp3) is 0.0714. The molecule has 0 unspecified atom stereocenters. The van der Waals surface area contributed by atoms with Crippen LogP contribution in [0.4, 0.5) is 28.9 Å². The van der Waals surface area contributed by atoms with Gasteiger partial charge in [-0.1, -0.05) is 12.1 Å². The van der Waals surface area contributed by atoms with Crippen LogP contribution in [0.25, 0.3) is 11.1 Å². The number of amides is 1. The van der Waals surface area contributed by atoms with E-state index in [1.54, 1.807) is 5.32 Å². The molecular weight excluding hydrogens is 288 g/mol. The molecule has 2 rings (SSSR count). The topological polar surface area (TPSA) is 55.1 Å². The van der Waals surface area contributed by atoms with Gasteiger partial charge in [-0.25, -0.2) is 4.39 Å². The minimum Gasteiger partial charge on any atom is -0.399 e. The van der Waals surface area contributed by atoms with Crippen molar-refractivity contribution < 1.29 is 22.4 Å². The number of carbonyl (C=O) groups excluding carboxylic acids is 1. The first-order chi connectivity index (χ1) is 9.77. The summed E-state index contributed by atoms with van der Waals surface area (Å²) in [7, 11) is 0. The Kier molecular flexibility index (Phi) is 3.84. The lowest BCUT2D eigenvalue weighted by molar-refractivity contribution is -0.167. The van der Waals surface area contributed by atoms with E-state index >= 15 is 0 Å². The maximum atomic E-state index is 13.6. The number of nitrogens with two attached hydrogens (primary N) is 1. The van der Waals surface area contributed by atoms with Gasteiger partial charge in [0.05, 0.1) is 0 Å². The largest absolute Gasteiger partial charge is 0.471 e. The van der Waals surface area contributed by atoms with Gasteiger partial charge in [0.2, 0.25) is 0 Å². The minimum absolute atomic E-state index is 0.0367. The average Bonchev–Trinajstić information content (AvgIpc) is 2.41. The predicted molar refractivity (Wildman–Crippen MR) is 70.9 cm³/mol. The highest BCUT2D eigenvalue weighted by atomic mass is 19.4. The van der Waals surface area contributed by atoms with Gasteiger partial charge in [0, 0.05) is 16.9 Å². The van der Waals surface area contributed by atoms with Gasteiger partial charge in [0.1, 0.15) is 5.82 Å². The van der Waals surface area contributed by atoms with Gasteiger partial charge in [-0.2, -0.15) is 13.2 Å². The first-order valence-corrected chi connectivity index (χ1v) is 5.81. The van der Waals surface area contributed by atoms with Gasteiger partial charge in [0.15, 0.2) is 0 Å². The molecule has 0 spiro atoms. The van der Waals surface area contributed by atoms with Crippen LogP contribution in [-0.4, -0.2) is 12.1 Å². The highest BCUT2D eigenvalue weighted by Crippen LogP contribution is 2.26. The number of carbonyl (C=O) groups is 1. The third-order valence-corrected chi connectivity index (χ3v) is 2.70. The van der Waals surface area contributed by atoms with Crippen LogP contribution in [-0.2, 0) is 4.79 Å². The molecular formula is C14H10F4N2O. The molecule has 0 bridgehead atoms. The maximum absolute atomic E-state index is 13.6. The molecule has 0 aromatic heterocycles. The Balaban J connectivity index is 2.23. The Labute approximate surface area is 117 Å². The summed E-state index contributed by atoms with van der Waals surface area (Å²) in [5.74, 6) is -2.57. The van der Waals surface area contributed by atoms with Gasteiger partial charge in [-0.05, 0) is 35.9 Å². The number of benzene rings is 2. The van der Waals surface area contributed by atoms with Crippen molar-refractivity contribution in [2.24, 2.45) is 0 Å². The number of alkyl halides is 3. The van der Waals surface area contributed by atoms with E-state index < -0.39 is 17.9 Å². The van der Waals surface area contributed by atoms with Crippen LogP contribution in [0.1, 0.15) is 0 Å². The number of halogens is 4. The lowest BCUT2D eigenvalue weighted by Gasteiger charge is -2.09. The van der Waals surface area contributed by atoms with Crippen molar-refractivity contribution in [2.45, 2.75) is 6.18 Å². The van der Waals surface area contributed by atoms with Crippen LogP contribution in [0, 0.1) is 5.82 Å². The fourth-order valence-corrected chi connectivity index (χ4v) is 1.70. The molecule has 2 aromatic rings. The van der Waals surface area contributed by atoms with E-state index in [2.05, 4.69) is 0 Å². The second-order valence-electron chi connectivity index (χ2n) is 4.27. The molecule has 3 nitrogen and oxygen atoms in total. The number of nitrogens with one attached hydrogen (secondary N) is 1. The monoisotopic (exact) mass is 298 g/mol. The smallest absolute Gasteiger partial charge is 0.399 e. The van der Waals surface area contributed by atoms with Gasteiger partial charge in [-0.15, -0.1) is 0 Å². The lowest BCUT2D eigenvalue weighted by Crippen LogP contribution is -2.29. The first kappa shape index (κ1) is 14.8. The summed E-state index contributed by atoms with van der Waals surface area (Å²) in [5, 5.41) is 1.70. The van der Waals surface area contributed by atoms with E-state index in [-0.39, 0.29) is 11.3 Å². The van der Waals surface area contributed by atoms with E-state index in [4.69, 9.17) is 5.73 Å². The molecule has 110 valence electrons. The molecule has 0 aliphatic rings. The van der Waals surface area contributed by atoms with E-state index in [1.165, 1.54) is 42.5 Å².